The fourth-order valence-corrected chi connectivity index (χ4v) is 3.83. The van der Waals surface area contributed by atoms with Gasteiger partial charge in [0.05, 0.1) is 43.4 Å². The zero-order chi connectivity index (χ0) is 28.5. The molecule has 2 aromatic rings. The minimum atomic E-state index is -3.65. The van der Waals surface area contributed by atoms with Crippen molar-refractivity contribution in [2.24, 2.45) is 0 Å². The smallest absolute Gasteiger partial charge is 0.308 e. The quantitative estimate of drug-likeness (QED) is 0.212. The standard InChI is InChI=1S/C26H36FN3O7S/c1-7-36-16-37-21(14-20(31)15-23(32)35-5)12-13-22-24(17(2)3)28-26(30(4)38(6,33)34)29-25(22)18-8-10-19(27)11-9-18/h8-13,17,20-21,31H,7,14-16H2,1-6H3/b13-12+/t20-,21-/m1/s1. The van der Waals surface area contributed by atoms with Crippen LogP contribution in [0.1, 0.15) is 50.8 Å². The van der Waals surface area contributed by atoms with E-state index in [1.54, 1.807) is 24.3 Å². The van der Waals surface area contributed by atoms with Gasteiger partial charge in [0.1, 0.15) is 12.6 Å². The number of sulfonamides is 1. The van der Waals surface area contributed by atoms with Crippen LogP contribution in [-0.2, 0) is 29.0 Å². The van der Waals surface area contributed by atoms with E-state index < -0.39 is 34.0 Å². The average molecular weight is 554 g/mol. The first-order chi connectivity index (χ1) is 17.9. The van der Waals surface area contributed by atoms with Gasteiger partial charge < -0.3 is 19.3 Å². The molecule has 0 bridgehead atoms. The van der Waals surface area contributed by atoms with E-state index in [-0.39, 0.29) is 31.5 Å². The minimum Gasteiger partial charge on any atom is -0.469 e. The molecule has 1 aromatic heterocycles. The van der Waals surface area contributed by atoms with Crippen LogP contribution in [-0.4, -0.2) is 75.5 Å². The number of ether oxygens (including phenoxy) is 3. The molecule has 0 unspecified atom stereocenters. The number of hydrogen-bond donors (Lipinski definition) is 1. The van der Waals surface area contributed by atoms with Gasteiger partial charge >= 0.3 is 5.97 Å². The molecule has 210 valence electrons. The number of rotatable bonds is 14. The predicted molar refractivity (Wildman–Crippen MR) is 142 cm³/mol. The van der Waals surface area contributed by atoms with Crippen LogP contribution in [0, 0.1) is 5.82 Å². The number of halogens is 1. The van der Waals surface area contributed by atoms with Crippen molar-refractivity contribution in [3.8, 4) is 11.3 Å². The SMILES string of the molecule is CCOCO[C@H](/C=C/c1c(-c2ccc(F)cc2)nc(N(C)S(C)(=O)=O)nc1C(C)C)C[C@@H](O)CC(=O)OC. The van der Waals surface area contributed by atoms with Crippen LogP contribution in [0.25, 0.3) is 17.3 Å². The maximum atomic E-state index is 13.7. The van der Waals surface area contributed by atoms with Gasteiger partial charge in [0.15, 0.2) is 0 Å². The highest BCUT2D eigenvalue weighted by atomic mass is 32.2. The van der Waals surface area contributed by atoms with Crippen molar-refractivity contribution < 1.29 is 36.9 Å². The van der Waals surface area contributed by atoms with Gasteiger partial charge in [-0.05, 0) is 37.1 Å². The predicted octanol–water partition coefficient (Wildman–Crippen LogP) is 3.51. The summed E-state index contributed by atoms with van der Waals surface area (Å²) in [6.45, 7) is 6.02. The molecular formula is C26H36FN3O7S. The number of aliphatic hydroxyl groups excluding tert-OH is 1. The largest absolute Gasteiger partial charge is 0.469 e. The molecule has 2 atom stereocenters. The molecule has 1 N–H and O–H groups in total. The van der Waals surface area contributed by atoms with Gasteiger partial charge in [-0.15, -0.1) is 0 Å². The third kappa shape index (κ3) is 9.12. The zero-order valence-corrected chi connectivity index (χ0v) is 23.4. The molecule has 0 aliphatic rings. The van der Waals surface area contributed by atoms with Crippen LogP contribution in [0.5, 0.6) is 0 Å². The molecule has 38 heavy (non-hydrogen) atoms. The third-order valence-electron chi connectivity index (χ3n) is 5.59. The van der Waals surface area contributed by atoms with Crippen molar-refractivity contribution >= 4 is 28.0 Å². The molecule has 10 nitrogen and oxygen atoms in total. The fourth-order valence-electron chi connectivity index (χ4n) is 3.45. The molecule has 0 saturated carbocycles. The van der Waals surface area contributed by atoms with Gasteiger partial charge in [0.2, 0.25) is 16.0 Å². The van der Waals surface area contributed by atoms with E-state index in [1.165, 1.54) is 26.3 Å². The van der Waals surface area contributed by atoms with Crippen LogP contribution in [0.2, 0.25) is 0 Å². The molecule has 0 saturated heterocycles. The van der Waals surface area contributed by atoms with Gasteiger partial charge in [0, 0.05) is 31.2 Å². The highest BCUT2D eigenvalue weighted by Gasteiger charge is 2.23. The van der Waals surface area contributed by atoms with Gasteiger partial charge in [-0.25, -0.2) is 27.1 Å². The second kappa shape index (κ2) is 14.3. The second-order valence-corrected chi connectivity index (χ2v) is 10.9. The van der Waals surface area contributed by atoms with Gasteiger partial charge in [-0.1, -0.05) is 26.0 Å². The van der Waals surface area contributed by atoms with Gasteiger partial charge in [-0.3, -0.25) is 4.79 Å². The monoisotopic (exact) mass is 553 g/mol. The molecule has 2 rings (SSSR count). The Morgan fingerprint density at radius 1 is 1.21 bits per heavy atom. The molecule has 0 aliphatic heterocycles. The Kier molecular flexibility index (Phi) is 11.8. The normalized spacial score (nSPS) is 13.6. The highest BCUT2D eigenvalue weighted by Crippen LogP contribution is 2.32. The topological polar surface area (TPSA) is 128 Å². The molecular weight excluding hydrogens is 517 g/mol. The molecule has 0 aliphatic carbocycles. The summed E-state index contributed by atoms with van der Waals surface area (Å²) in [7, 11) is -1.05. The lowest BCUT2D eigenvalue weighted by molar-refractivity contribution is -0.143. The highest BCUT2D eigenvalue weighted by molar-refractivity contribution is 7.92. The summed E-state index contributed by atoms with van der Waals surface area (Å²) in [5.74, 6) is -1.15. The van der Waals surface area contributed by atoms with Crippen molar-refractivity contribution in [2.75, 3.05) is 38.1 Å². The molecule has 0 amide bonds. The number of aromatic nitrogens is 2. The third-order valence-corrected chi connectivity index (χ3v) is 6.75. The Hall–Kier alpha value is -2.93. The first-order valence-electron chi connectivity index (χ1n) is 12.1. The lowest BCUT2D eigenvalue weighted by atomic mass is 9.97. The summed E-state index contributed by atoms with van der Waals surface area (Å²) < 4.78 is 54.8. The minimum absolute atomic E-state index is 0.0229. The van der Waals surface area contributed by atoms with Crippen LogP contribution in [0.4, 0.5) is 10.3 Å². The summed E-state index contributed by atoms with van der Waals surface area (Å²) >= 11 is 0. The summed E-state index contributed by atoms with van der Waals surface area (Å²) in [4.78, 5) is 20.7. The van der Waals surface area contributed by atoms with Crippen LogP contribution in [0.15, 0.2) is 30.3 Å². The van der Waals surface area contributed by atoms with Crippen molar-refractivity contribution in [3.05, 3.63) is 47.4 Å². The molecule has 0 spiro atoms. The van der Waals surface area contributed by atoms with E-state index >= 15 is 0 Å². The van der Waals surface area contributed by atoms with Crippen molar-refractivity contribution in [2.45, 2.75) is 51.7 Å². The van der Waals surface area contributed by atoms with Crippen LogP contribution < -0.4 is 4.31 Å². The Balaban J connectivity index is 2.62. The van der Waals surface area contributed by atoms with Gasteiger partial charge in [0.25, 0.3) is 0 Å². The van der Waals surface area contributed by atoms with E-state index in [9.17, 15) is 22.7 Å². The molecule has 0 radical (unpaired) electrons. The molecule has 0 fully saturated rings. The number of anilines is 1. The number of carbonyl (C=O) groups excluding carboxylic acids is 1. The van der Waals surface area contributed by atoms with E-state index in [2.05, 4.69) is 14.7 Å². The molecule has 12 heteroatoms. The van der Waals surface area contributed by atoms with Crippen LogP contribution >= 0.6 is 0 Å². The number of benzene rings is 1. The lowest BCUT2D eigenvalue weighted by Crippen LogP contribution is -2.27. The van der Waals surface area contributed by atoms with Crippen molar-refractivity contribution in [3.63, 3.8) is 0 Å². The first kappa shape index (κ1) is 31.3. The zero-order valence-electron chi connectivity index (χ0n) is 22.5. The molecule has 1 aromatic carbocycles. The summed E-state index contributed by atoms with van der Waals surface area (Å²) in [6.07, 6.45) is 2.67. The molecule has 1 heterocycles. The number of carbonyl (C=O) groups is 1. The number of aliphatic hydroxyl groups is 1. The second-order valence-electron chi connectivity index (χ2n) is 8.91. The summed E-state index contributed by atoms with van der Waals surface area (Å²) in [6, 6.07) is 5.67. The van der Waals surface area contributed by atoms with Crippen molar-refractivity contribution in [1.29, 1.82) is 0 Å². The van der Waals surface area contributed by atoms with Crippen molar-refractivity contribution in [1.82, 2.24) is 9.97 Å². The van der Waals surface area contributed by atoms with E-state index in [0.29, 0.717) is 29.1 Å². The number of hydrogen-bond acceptors (Lipinski definition) is 9. The lowest BCUT2D eigenvalue weighted by Gasteiger charge is -2.21. The Morgan fingerprint density at radius 2 is 1.87 bits per heavy atom. The Morgan fingerprint density at radius 3 is 2.42 bits per heavy atom. The Labute approximate surface area is 223 Å². The van der Waals surface area contributed by atoms with E-state index in [1.807, 2.05) is 20.8 Å². The van der Waals surface area contributed by atoms with Crippen LogP contribution in [0.3, 0.4) is 0 Å². The van der Waals surface area contributed by atoms with E-state index in [4.69, 9.17) is 9.47 Å². The number of nitrogens with zero attached hydrogens (tertiary/aromatic N) is 3. The number of esters is 1. The summed E-state index contributed by atoms with van der Waals surface area (Å²) in [5, 5.41) is 10.4. The Bertz CT molecular complexity index is 1200. The summed E-state index contributed by atoms with van der Waals surface area (Å²) in [5.41, 5.74) is 2.07. The maximum Gasteiger partial charge on any atom is 0.308 e. The van der Waals surface area contributed by atoms with E-state index in [0.717, 1.165) is 10.6 Å². The number of methoxy groups -OCH3 is 1. The maximum absolute atomic E-state index is 13.7. The fraction of sp³-hybridized carbons (Fsp3) is 0.500. The average Bonchev–Trinajstić information content (AvgIpc) is 2.86. The van der Waals surface area contributed by atoms with Gasteiger partial charge in [-0.2, -0.15) is 0 Å². The first-order valence-corrected chi connectivity index (χ1v) is 14.0.